The summed E-state index contributed by atoms with van der Waals surface area (Å²) in [6.07, 6.45) is 20.4. The molecule has 4 rings (SSSR count). The van der Waals surface area contributed by atoms with Crippen LogP contribution in [0.2, 0.25) is 0 Å². The summed E-state index contributed by atoms with van der Waals surface area (Å²) in [4.78, 5) is 19.4. The van der Waals surface area contributed by atoms with Crippen LogP contribution in [0.1, 0.15) is 97.3 Å². The van der Waals surface area contributed by atoms with Crippen LogP contribution in [0.25, 0.3) is 11.0 Å². The minimum Gasteiger partial charge on any atom is -0.325 e. The Hall–Kier alpha value is -1.66. The molecule has 5 atom stereocenters. The molecule has 0 amide bonds. The molecule has 2 aliphatic carbocycles. The van der Waals surface area contributed by atoms with Gasteiger partial charge in [-0.25, -0.2) is 4.79 Å². The van der Waals surface area contributed by atoms with Crippen LogP contribution in [-0.2, 0) is 6.54 Å². The predicted molar refractivity (Wildman–Crippen MR) is 141 cm³/mol. The second-order valence-electron chi connectivity index (χ2n) is 11.7. The highest BCUT2D eigenvalue weighted by Gasteiger charge is 2.33. The van der Waals surface area contributed by atoms with E-state index in [1.165, 1.54) is 83.5 Å². The standard InChI is InChI=1S/C28H47N5O/c1-21-9-8-11-23(31-17-18-33-26-14-16-30-20-25(26)32-27(33)34)12-13-24(21)22-10-6-4-3-5-7-15-28(2,29)19-22/h14,16,20-24,31H,3-13,15,17-19,29H2,1-2H3,(H,32,34). The van der Waals surface area contributed by atoms with Crippen molar-refractivity contribution in [1.29, 1.82) is 0 Å². The maximum atomic E-state index is 12.4. The molecule has 2 saturated carbocycles. The van der Waals surface area contributed by atoms with E-state index in [2.05, 4.69) is 29.1 Å². The lowest BCUT2D eigenvalue weighted by Crippen LogP contribution is -2.41. The molecular weight excluding hydrogens is 422 g/mol. The monoisotopic (exact) mass is 469 g/mol. The molecule has 0 bridgehead atoms. The molecule has 6 nitrogen and oxygen atoms in total. The Morgan fingerprint density at radius 2 is 1.94 bits per heavy atom. The van der Waals surface area contributed by atoms with Gasteiger partial charge < -0.3 is 16.0 Å². The summed E-state index contributed by atoms with van der Waals surface area (Å²) < 4.78 is 1.83. The first-order chi connectivity index (χ1) is 16.4. The highest BCUT2D eigenvalue weighted by molar-refractivity contribution is 5.73. The third-order valence-corrected chi connectivity index (χ3v) is 8.79. The lowest BCUT2D eigenvalue weighted by atomic mass is 9.68. The number of nitrogens with one attached hydrogen (secondary N) is 2. The van der Waals surface area contributed by atoms with Gasteiger partial charge in [0.2, 0.25) is 0 Å². The summed E-state index contributed by atoms with van der Waals surface area (Å²) in [5.41, 5.74) is 8.52. The lowest BCUT2D eigenvalue weighted by molar-refractivity contribution is 0.136. The van der Waals surface area contributed by atoms with Crippen LogP contribution >= 0.6 is 0 Å². The van der Waals surface area contributed by atoms with Crippen molar-refractivity contribution in [3.63, 3.8) is 0 Å². The van der Waals surface area contributed by atoms with Gasteiger partial charge in [-0.3, -0.25) is 9.55 Å². The predicted octanol–water partition coefficient (Wildman–Crippen LogP) is 5.37. The normalized spacial score (nSPS) is 32.2. The summed E-state index contributed by atoms with van der Waals surface area (Å²) in [6, 6.07) is 2.46. The molecule has 2 heterocycles. The maximum Gasteiger partial charge on any atom is 0.326 e. The van der Waals surface area contributed by atoms with Crippen molar-refractivity contribution in [3.05, 3.63) is 28.9 Å². The Morgan fingerprint density at radius 3 is 2.82 bits per heavy atom. The topological polar surface area (TPSA) is 88.7 Å². The van der Waals surface area contributed by atoms with Crippen LogP contribution in [0.5, 0.6) is 0 Å². The second kappa shape index (κ2) is 11.9. The number of aromatic nitrogens is 3. The van der Waals surface area contributed by atoms with Gasteiger partial charge in [-0.15, -0.1) is 0 Å². The number of aromatic amines is 1. The second-order valence-corrected chi connectivity index (χ2v) is 11.7. The Balaban J connectivity index is 1.35. The quantitative estimate of drug-likeness (QED) is 0.549. The van der Waals surface area contributed by atoms with Gasteiger partial charge in [-0.05, 0) is 62.8 Å². The average molecular weight is 470 g/mol. The highest BCUT2D eigenvalue weighted by Crippen LogP contribution is 2.40. The van der Waals surface area contributed by atoms with Crippen LogP contribution in [0.4, 0.5) is 0 Å². The molecule has 2 aromatic heterocycles. The lowest BCUT2D eigenvalue weighted by Gasteiger charge is -2.40. The first kappa shape index (κ1) is 25.4. The van der Waals surface area contributed by atoms with Gasteiger partial charge in [0.1, 0.15) is 0 Å². The molecule has 0 saturated heterocycles. The number of fused-ring (bicyclic) bond motifs is 1. The first-order valence-electron chi connectivity index (χ1n) is 14.0. The van der Waals surface area contributed by atoms with Crippen molar-refractivity contribution in [1.82, 2.24) is 19.9 Å². The smallest absolute Gasteiger partial charge is 0.325 e. The zero-order valence-corrected chi connectivity index (χ0v) is 21.5. The number of hydrogen-bond acceptors (Lipinski definition) is 4. The summed E-state index contributed by atoms with van der Waals surface area (Å²) in [6.45, 7) is 6.32. The highest BCUT2D eigenvalue weighted by atomic mass is 16.1. The van der Waals surface area contributed by atoms with E-state index < -0.39 is 0 Å². The van der Waals surface area contributed by atoms with Gasteiger partial charge in [-0.1, -0.05) is 58.3 Å². The zero-order valence-electron chi connectivity index (χ0n) is 21.5. The van der Waals surface area contributed by atoms with E-state index >= 15 is 0 Å². The molecule has 0 aliphatic heterocycles. The third-order valence-electron chi connectivity index (χ3n) is 8.79. The van der Waals surface area contributed by atoms with Crippen molar-refractivity contribution in [2.75, 3.05) is 6.54 Å². The minimum atomic E-state index is -0.0443. The molecule has 4 N–H and O–H groups in total. The van der Waals surface area contributed by atoms with Gasteiger partial charge in [0, 0.05) is 30.9 Å². The number of pyridine rings is 1. The van der Waals surface area contributed by atoms with Crippen LogP contribution in [-0.4, -0.2) is 32.7 Å². The van der Waals surface area contributed by atoms with Crippen molar-refractivity contribution in [2.24, 2.45) is 23.5 Å². The molecule has 190 valence electrons. The number of nitrogens with zero attached hydrogens (tertiary/aromatic N) is 2. The van der Waals surface area contributed by atoms with Crippen molar-refractivity contribution in [2.45, 2.75) is 115 Å². The van der Waals surface area contributed by atoms with Crippen LogP contribution in [0.15, 0.2) is 23.3 Å². The fraction of sp³-hybridized carbons (Fsp3) is 0.786. The summed E-state index contributed by atoms with van der Waals surface area (Å²) in [5, 5.41) is 3.80. The van der Waals surface area contributed by atoms with Gasteiger partial charge in [0.25, 0.3) is 0 Å². The number of nitrogens with two attached hydrogens (primary N) is 1. The number of hydrogen-bond donors (Lipinski definition) is 3. The molecular formula is C28H47N5O. The van der Waals surface area contributed by atoms with E-state index in [1.807, 2.05) is 10.6 Å². The molecule has 5 unspecified atom stereocenters. The molecule has 0 radical (unpaired) electrons. The Morgan fingerprint density at radius 1 is 1.12 bits per heavy atom. The van der Waals surface area contributed by atoms with Gasteiger partial charge in [-0.2, -0.15) is 0 Å². The molecule has 2 aromatic rings. The van der Waals surface area contributed by atoms with Crippen molar-refractivity contribution >= 4 is 11.0 Å². The van der Waals surface area contributed by atoms with Crippen molar-refractivity contribution < 1.29 is 0 Å². The van der Waals surface area contributed by atoms with Crippen LogP contribution in [0.3, 0.4) is 0 Å². The molecule has 6 heteroatoms. The van der Waals surface area contributed by atoms with Gasteiger partial charge >= 0.3 is 5.69 Å². The molecule has 0 aromatic carbocycles. The van der Waals surface area contributed by atoms with E-state index in [4.69, 9.17) is 5.73 Å². The summed E-state index contributed by atoms with van der Waals surface area (Å²) >= 11 is 0. The van der Waals surface area contributed by atoms with E-state index in [0.29, 0.717) is 12.6 Å². The van der Waals surface area contributed by atoms with E-state index in [0.717, 1.165) is 35.3 Å². The maximum absolute atomic E-state index is 12.4. The fourth-order valence-electron chi connectivity index (χ4n) is 6.87. The largest absolute Gasteiger partial charge is 0.326 e. The van der Waals surface area contributed by atoms with Gasteiger partial charge in [0.15, 0.2) is 0 Å². The van der Waals surface area contributed by atoms with Gasteiger partial charge in [0.05, 0.1) is 17.2 Å². The third kappa shape index (κ3) is 6.72. The SMILES string of the molecule is CC1CCCC(NCCn2c(=O)[nH]c3cnccc32)CCC1C1CCCCCCCC(C)(N)C1. The van der Waals surface area contributed by atoms with Crippen LogP contribution in [0, 0.1) is 17.8 Å². The number of rotatable bonds is 5. The Bertz CT molecular complexity index is 948. The molecule has 0 spiro atoms. The summed E-state index contributed by atoms with van der Waals surface area (Å²) in [7, 11) is 0. The number of H-pyrrole nitrogens is 1. The molecule has 2 fully saturated rings. The first-order valence-corrected chi connectivity index (χ1v) is 14.0. The van der Waals surface area contributed by atoms with Crippen molar-refractivity contribution in [3.8, 4) is 0 Å². The fourth-order valence-corrected chi connectivity index (χ4v) is 6.87. The number of imidazole rings is 1. The van der Waals surface area contributed by atoms with E-state index in [9.17, 15) is 4.79 Å². The molecule has 2 aliphatic rings. The summed E-state index contributed by atoms with van der Waals surface area (Å²) in [5.74, 6) is 2.35. The zero-order chi connectivity index (χ0) is 24.0. The van der Waals surface area contributed by atoms with E-state index in [1.54, 1.807) is 12.4 Å². The Kier molecular flexibility index (Phi) is 8.86. The minimum absolute atomic E-state index is 0.0101. The van der Waals surface area contributed by atoms with E-state index in [-0.39, 0.29) is 11.2 Å². The molecule has 34 heavy (non-hydrogen) atoms. The van der Waals surface area contributed by atoms with Crippen LogP contribution < -0.4 is 16.7 Å². The average Bonchev–Trinajstić information content (AvgIpc) is 3.11. The Labute approximate surface area is 205 Å².